The van der Waals surface area contributed by atoms with Crippen LogP contribution in [0.3, 0.4) is 0 Å². The van der Waals surface area contributed by atoms with Gasteiger partial charge in [-0.1, -0.05) is 13.8 Å². The number of rotatable bonds is 3. The topological polar surface area (TPSA) is 83.5 Å². The molecule has 5 nitrogen and oxygen atoms in total. The number of hydrogen-bond acceptors (Lipinski definition) is 4. The van der Waals surface area contributed by atoms with E-state index < -0.39 is 6.10 Å². The highest BCUT2D eigenvalue weighted by atomic mass is 16.3. The van der Waals surface area contributed by atoms with E-state index in [-0.39, 0.29) is 48.2 Å². The molecule has 0 radical (unpaired) electrons. The van der Waals surface area contributed by atoms with Gasteiger partial charge in [-0.15, -0.1) is 0 Å². The van der Waals surface area contributed by atoms with Gasteiger partial charge in [0.05, 0.1) is 6.10 Å². The molecule has 0 spiro atoms. The first-order valence-corrected chi connectivity index (χ1v) is 7.41. The molecule has 0 aromatic heterocycles. The van der Waals surface area contributed by atoms with E-state index in [1.54, 1.807) is 0 Å². The lowest BCUT2D eigenvalue weighted by Crippen LogP contribution is -2.42. The number of hydrogen-bond donors (Lipinski definition) is 2. The lowest BCUT2D eigenvalue weighted by molar-refractivity contribution is -0.136. The summed E-state index contributed by atoms with van der Waals surface area (Å²) in [5.74, 6) is -0.499. The van der Waals surface area contributed by atoms with Crippen molar-refractivity contribution in [1.29, 1.82) is 0 Å². The van der Waals surface area contributed by atoms with Gasteiger partial charge < -0.3 is 5.11 Å². The van der Waals surface area contributed by atoms with Crippen LogP contribution >= 0.6 is 0 Å². The monoisotopic (exact) mass is 281 g/mol. The van der Waals surface area contributed by atoms with Crippen molar-refractivity contribution in [3.63, 3.8) is 0 Å². The second-order valence-corrected chi connectivity index (χ2v) is 6.54. The van der Waals surface area contributed by atoms with Gasteiger partial charge in [-0.25, -0.2) is 0 Å². The first-order chi connectivity index (χ1) is 9.36. The highest BCUT2D eigenvalue weighted by Gasteiger charge is 2.38. The molecule has 2 amide bonds. The molecule has 1 heterocycles. The van der Waals surface area contributed by atoms with Crippen LogP contribution < -0.4 is 5.32 Å². The summed E-state index contributed by atoms with van der Waals surface area (Å²) in [4.78, 5) is 34.8. The Labute approximate surface area is 119 Å². The summed E-state index contributed by atoms with van der Waals surface area (Å²) in [7, 11) is 0. The molecule has 1 saturated carbocycles. The van der Waals surface area contributed by atoms with Crippen molar-refractivity contribution >= 4 is 17.6 Å². The molecular weight excluding hydrogens is 258 g/mol. The van der Waals surface area contributed by atoms with Gasteiger partial charge in [0.2, 0.25) is 11.8 Å². The molecule has 0 aromatic carbocycles. The van der Waals surface area contributed by atoms with Gasteiger partial charge in [-0.3, -0.25) is 19.7 Å². The number of carbonyl (C=O) groups excluding carboxylic acids is 3. The molecule has 0 aromatic rings. The molecule has 112 valence electrons. The van der Waals surface area contributed by atoms with Gasteiger partial charge in [-0.2, -0.15) is 0 Å². The van der Waals surface area contributed by atoms with Crippen molar-refractivity contribution in [1.82, 2.24) is 5.32 Å². The van der Waals surface area contributed by atoms with Gasteiger partial charge in [0, 0.05) is 24.7 Å². The summed E-state index contributed by atoms with van der Waals surface area (Å²) in [6, 6.07) is 0. The van der Waals surface area contributed by atoms with Crippen LogP contribution in [-0.2, 0) is 14.4 Å². The predicted octanol–water partition coefficient (Wildman–Crippen LogP) is 1.04. The third kappa shape index (κ3) is 3.45. The number of aliphatic hydroxyl groups excluding tert-OH is 1. The molecule has 1 aliphatic carbocycles. The van der Waals surface area contributed by atoms with Gasteiger partial charge >= 0.3 is 0 Å². The number of ketones is 1. The SMILES string of the molecule is CC1C[C@@H]([C@H](O)CC2CC(=O)NC(=O)C2)C(=O)[C@@H](C)C1. The predicted molar refractivity (Wildman–Crippen MR) is 72.6 cm³/mol. The number of Topliss-reactive ketones (excluding diaryl/α,β-unsaturated/α-hetero) is 1. The van der Waals surface area contributed by atoms with E-state index in [2.05, 4.69) is 12.2 Å². The Hall–Kier alpha value is -1.23. The van der Waals surface area contributed by atoms with Crippen LogP contribution in [0.15, 0.2) is 0 Å². The molecule has 20 heavy (non-hydrogen) atoms. The Balaban J connectivity index is 1.96. The summed E-state index contributed by atoms with van der Waals surface area (Å²) >= 11 is 0. The highest BCUT2D eigenvalue weighted by Crippen LogP contribution is 2.34. The Morgan fingerprint density at radius 1 is 1.15 bits per heavy atom. The van der Waals surface area contributed by atoms with Crippen LogP contribution in [-0.4, -0.2) is 28.8 Å². The summed E-state index contributed by atoms with van der Waals surface area (Å²) in [5, 5.41) is 12.6. The number of nitrogens with one attached hydrogen (secondary N) is 1. The van der Waals surface area contributed by atoms with Crippen molar-refractivity contribution < 1.29 is 19.5 Å². The minimum atomic E-state index is -0.739. The van der Waals surface area contributed by atoms with Gasteiger partial charge in [-0.05, 0) is 31.1 Å². The molecule has 1 aliphatic heterocycles. The molecule has 1 unspecified atom stereocenters. The lowest BCUT2D eigenvalue weighted by atomic mass is 9.71. The average Bonchev–Trinajstić information content (AvgIpc) is 2.32. The molecule has 2 rings (SSSR count). The first-order valence-electron chi connectivity index (χ1n) is 7.41. The van der Waals surface area contributed by atoms with E-state index in [4.69, 9.17) is 0 Å². The van der Waals surface area contributed by atoms with E-state index in [1.165, 1.54) is 0 Å². The molecule has 5 heteroatoms. The largest absolute Gasteiger partial charge is 0.392 e. The maximum atomic E-state index is 12.2. The first kappa shape index (κ1) is 15.2. The van der Waals surface area contributed by atoms with Crippen molar-refractivity contribution in [2.75, 3.05) is 0 Å². The molecular formula is C15H23NO4. The second-order valence-electron chi connectivity index (χ2n) is 6.54. The van der Waals surface area contributed by atoms with Crippen molar-refractivity contribution in [3.05, 3.63) is 0 Å². The number of carbonyl (C=O) groups is 3. The maximum Gasteiger partial charge on any atom is 0.226 e. The summed E-state index contributed by atoms with van der Waals surface area (Å²) in [6.07, 6.45) is 1.72. The number of imide groups is 1. The molecule has 2 fully saturated rings. The average molecular weight is 281 g/mol. The standard InChI is InChI=1S/C15H23NO4/c1-8-3-9(2)15(20)11(4-8)12(17)5-10-6-13(18)16-14(19)7-10/h8-12,17H,3-7H2,1-2H3,(H,16,18,19)/t8?,9-,11-,12+/m0/s1. The summed E-state index contributed by atoms with van der Waals surface area (Å²) in [5.41, 5.74) is 0. The zero-order valence-corrected chi connectivity index (χ0v) is 12.1. The smallest absolute Gasteiger partial charge is 0.226 e. The fourth-order valence-electron chi connectivity index (χ4n) is 3.60. The van der Waals surface area contributed by atoms with Crippen LogP contribution in [0.4, 0.5) is 0 Å². The summed E-state index contributed by atoms with van der Waals surface area (Å²) < 4.78 is 0. The van der Waals surface area contributed by atoms with Crippen LogP contribution in [0.25, 0.3) is 0 Å². The second kappa shape index (κ2) is 6.04. The third-order valence-electron chi connectivity index (χ3n) is 4.53. The van der Waals surface area contributed by atoms with Crippen LogP contribution in [0.1, 0.15) is 46.0 Å². The third-order valence-corrected chi connectivity index (χ3v) is 4.53. The Bertz CT molecular complexity index is 404. The Morgan fingerprint density at radius 2 is 1.75 bits per heavy atom. The molecule has 2 N–H and O–H groups in total. The van der Waals surface area contributed by atoms with E-state index >= 15 is 0 Å². The van der Waals surface area contributed by atoms with Crippen LogP contribution in [0.5, 0.6) is 0 Å². The fourth-order valence-corrected chi connectivity index (χ4v) is 3.60. The number of piperidine rings is 1. The number of amides is 2. The zero-order valence-electron chi connectivity index (χ0n) is 12.1. The van der Waals surface area contributed by atoms with Crippen molar-refractivity contribution in [2.24, 2.45) is 23.7 Å². The van der Waals surface area contributed by atoms with E-state index in [0.717, 1.165) is 6.42 Å². The van der Waals surface area contributed by atoms with Gasteiger partial charge in [0.1, 0.15) is 5.78 Å². The molecule has 1 saturated heterocycles. The Morgan fingerprint density at radius 3 is 2.35 bits per heavy atom. The molecule has 2 aliphatic rings. The van der Waals surface area contributed by atoms with Crippen molar-refractivity contribution in [3.8, 4) is 0 Å². The number of aliphatic hydroxyl groups is 1. The lowest BCUT2D eigenvalue weighted by Gasteiger charge is -2.34. The zero-order chi connectivity index (χ0) is 14.9. The van der Waals surface area contributed by atoms with Gasteiger partial charge in [0.25, 0.3) is 0 Å². The quantitative estimate of drug-likeness (QED) is 0.757. The van der Waals surface area contributed by atoms with E-state index in [9.17, 15) is 19.5 Å². The van der Waals surface area contributed by atoms with Gasteiger partial charge in [0.15, 0.2) is 0 Å². The fraction of sp³-hybridized carbons (Fsp3) is 0.800. The van der Waals surface area contributed by atoms with Crippen molar-refractivity contribution in [2.45, 2.75) is 52.1 Å². The van der Waals surface area contributed by atoms with E-state index in [0.29, 0.717) is 18.8 Å². The Kier molecular flexibility index (Phi) is 4.58. The maximum absolute atomic E-state index is 12.2. The van der Waals surface area contributed by atoms with E-state index in [1.807, 2.05) is 6.92 Å². The molecule has 4 atom stereocenters. The minimum absolute atomic E-state index is 0.00492. The summed E-state index contributed by atoms with van der Waals surface area (Å²) in [6.45, 7) is 4.01. The highest BCUT2D eigenvalue weighted by molar-refractivity contribution is 5.97. The molecule has 0 bridgehead atoms. The normalized spacial score (nSPS) is 34.0. The van der Waals surface area contributed by atoms with Crippen LogP contribution in [0.2, 0.25) is 0 Å². The van der Waals surface area contributed by atoms with Crippen LogP contribution in [0, 0.1) is 23.7 Å². The minimum Gasteiger partial charge on any atom is -0.392 e.